The maximum Gasteiger partial charge on any atom is 0.420 e. The zero-order valence-corrected chi connectivity index (χ0v) is 19.0. The molecule has 8 nitrogen and oxygen atoms in total. The SMILES string of the molecule is Cc1nccn1Cc1ccc(-c2cc(CC(C)C)sc2S(=O)(=O)OC(N)=O)c(C#N)c1. The molecule has 0 atom stereocenters. The van der Waals surface area contributed by atoms with Gasteiger partial charge in [-0.05, 0) is 37.0 Å². The predicted molar refractivity (Wildman–Crippen MR) is 117 cm³/mol. The summed E-state index contributed by atoms with van der Waals surface area (Å²) in [6.07, 6.45) is 2.78. The maximum absolute atomic E-state index is 12.6. The van der Waals surface area contributed by atoms with E-state index >= 15 is 0 Å². The summed E-state index contributed by atoms with van der Waals surface area (Å²) >= 11 is 1.02. The van der Waals surface area contributed by atoms with Gasteiger partial charge >= 0.3 is 16.2 Å². The molecule has 0 saturated heterocycles. The van der Waals surface area contributed by atoms with Crippen LogP contribution in [0.1, 0.15) is 35.7 Å². The average molecular weight is 459 g/mol. The van der Waals surface area contributed by atoms with E-state index in [0.29, 0.717) is 29.7 Å². The van der Waals surface area contributed by atoms with Crippen molar-refractivity contribution < 1.29 is 17.4 Å². The Labute approximate surface area is 185 Å². The lowest BCUT2D eigenvalue weighted by Gasteiger charge is -2.10. The third-order valence-corrected chi connectivity index (χ3v) is 7.42. The Morgan fingerprint density at radius 2 is 2.06 bits per heavy atom. The van der Waals surface area contributed by atoms with Crippen molar-refractivity contribution >= 4 is 27.5 Å². The molecule has 1 amide bonds. The topological polar surface area (TPSA) is 128 Å². The van der Waals surface area contributed by atoms with Crippen molar-refractivity contribution in [2.24, 2.45) is 11.7 Å². The quantitative estimate of drug-likeness (QED) is 0.536. The minimum absolute atomic E-state index is 0.142. The second-order valence-electron chi connectivity index (χ2n) is 7.46. The molecule has 0 spiro atoms. The third-order valence-electron chi connectivity index (χ3n) is 4.55. The van der Waals surface area contributed by atoms with Gasteiger partial charge in [-0.3, -0.25) is 0 Å². The maximum atomic E-state index is 12.6. The molecule has 162 valence electrons. The summed E-state index contributed by atoms with van der Waals surface area (Å²) in [6, 6.07) is 9.15. The Morgan fingerprint density at radius 1 is 1.32 bits per heavy atom. The second-order valence-corrected chi connectivity index (χ2v) is 10.3. The van der Waals surface area contributed by atoms with E-state index in [1.807, 2.05) is 37.6 Å². The van der Waals surface area contributed by atoms with Crippen LogP contribution in [0, 0.1) is 24.2 Å². The van der Waals surface area contributed by atoms with Gasteiger partial charge in [0, 0.05) is 34.9 Å². The number of nitrogens with two attached hydrogens (primary N) is 1. The summed E-state index contributed by atoms with van der Waals surface area (Å²) < 4.78 is 31.5. The number of benzene rings is 1. The summed E-state index contributed by atoms with van der Waals surface area (Å²) in [5.41, 5.74) is 6.91. The van der Waals surface area contributed by atoms with Crippen LogP contribution in [0.4, 0.5) is 4.79 Å². The Bertz CT molecular complexity index is 1270. The van der Waals surface area contributed by atoms with Crippen LogP contribution in [0.2, 0.25) is 0 Å². The van der Waals surface area contributed by atoms with Crippen LogP contribution in [-0.4, -0.2) is 24.1 Å². The van der Waals surface area contributed by atoms with E-state index in [0.717, 1.165) is 27.6 Å². The second kappa shape index (κ2) is 8.91. The van der Waals surface area contributed by atoms with Crippen LogP contribution in [0.15, 0.2) is 40.9 Å². The first-order valence-corrected chi connectivity index (χ1v) is 11.7. The lowest BCUT2D eigenvalue weighted by Crippen LogP contribution is -2.18. The molecule has 0 unspecified atom stereocenters. The normalized spacial score (nSPS) is 11.5. The van der Waals surface area contributed by atoms with Gasteiger partial charge in [-0.1, -0.05) is 26.0 Å². The van der Waals surface area contributed by atoms with Gasteiger partial charge in [0.2, 0.25) is 0 Å². The molecular weight excluding hydrogens is 436 g/mol. The monoisotopic (exact) mass is 458 g/mol. The fourth-order valence-electron chi connectivity index (χ4n) is 3.23. The number of aryl methyl sites for hydroxylation is 1. The van der Waals surface area contributed by atoms with Crippen LogP contribution in [0.3, 0.4) is 0 Å². The minimum Gasteiger partial charge on any atom is -0.334 e. The van der Waals surface area contributed by atoms with Crippen molar-refractivity contribution in [1.82, 2.24) is 9.55 Å². The number of thiophene rings is 1. The summed E-state index contributed by atoms with van der Waals surface area (Å²) in [4.78, 5) is 16.1. The fraction of sp³-hybridized carbons (Fsp3) is 0.286. The molecule has 2 heterocycles. The van der Waals surface area contributed by atoms with Crippen LogP contribution < -0.4 is 5.73 Å². The molecule has 31 heavy (non-hydrogen) atoms. The Kier molecular flexibility index (Phi) is 6.48. The lowest BCUT2D eigenvalue weighted by molar-refractivity contribution is 0.213. The van der Waals surface area contributed by atoms with E-state index in [9.17, 15) is 18.5 Å². The van der Waals surface area contributed by atoms with E-state index in [2.05, 4.69) is 15.2 Å². The van der Waals surface area contributed by atoms with E-state index < -0.39 is 16.2 Å². The molecule has 0 saturated carbocycles. The lowest BCUT2D eigenvalue weighted by atomic mass is 9.99. The van der Waals surface area contributed by atoms with Crippen molar-refractivity contribution in [2.75, 3.05) is 0 Å². The number of carbonyl (C=O) groups excluding carboxylic acids is 1. The van der Waals surface area contributed by atoms with Crippen molar-refractivity contribution in [3.05, 3.63) is 58.5 Å². The number of aromatic nitrogens is 2. The van der Waals surface area contributed by atoms with Crippen molar-refractivity contribution in [3.8, 4) is 17.2 Å². The van der Waals surface area contributed by atoms with E-state index in [1.54, 1.807) is 24.4 Å². The van der Waals surface area contributed by atoms with Gasteiger partial charge in [0.05, 0.1) is 11.6 Å². The molecule has 0 fully saturated rings. The first kappa shape index (κ1) is 22.5. The molecule has 0 aliphatic rings. The molecule has 0 radical (unpaired) electrons. The molecule has 2 N–H and O–H groups in total. The number of carbonyl (C=O) groups is 1. The van der Waals surface area contributed by atoms with Gasteiger partial charge in [0.15, 0.2) is 4.21 Å². The highest BCUT2D eigenvalue weighted by atomic mass is 32.3. The fourth-order valence-corrected chi connectivity index (χ4v) is 5.90. The summed E-state index contributed by atoms with van der Waals surface area (Å²) in [5.74, 6) is 1.13. The first-order chi connectivity index (χ1) is 14.6. The number of hydrogen-bond acceptors (Lipinski definition) is 7. The standard InChI is InChI=1S/C21H22N4O4S2/c1-13(2)8-17-10-19(20(30-17)31(27,28)29-21(23)26)18-5-4-15(9-16(18)11-22)12-25-7-6-24-14(25)3/h4-7,9-10,13H,8,12H2,1-3H3,(H2,23,26). The number of amides is 1. The zero-order chi connectivity index (χ0) is 22.8. The summed E-state index contributed by atoms with van der Waals surface area (Å²) in [5, 5.41) is 9.76. The van der Waals surface area contributed by atoms with Crippen molar-refractivity contribution in [2.45, 2.75) is 37.9 Å². The van der Waals surface area contributed by atoms with Gasteiger partial charge in [0.1, 0.15) is 5.82 Å². The average Bonchev–Trinajstić information content (AvgIpc) is 3.27. The first-order valence-electron chi connectivity index (χ1n) is 9.48. The Morgan fingerprint density at radius 3 is 2.65 bits per heavy atom. The van der Waals surface area contributed by atoms with Crippen LogP contribution in [-0.2, 0) is 27.3 Å². The predicted octanol–water partition coefficient (Wildman–Crippen LogP) is 3.82. The van der Waals surface area contributed by atoms with Crippen LogP contribution >= 0.6 is 11.3 Å². The molecule has 2 aromatic heterocycles. The summed E-state index contributed by atoms with van der Waals surface area (Å²) in [6.45, 7) is 6.44. The number of hydrogen-bond donors (Lipinski definition) is 1. The highest BCUT2D eigenvalue weighted by Crippen LogP contribution is 2.39. The van der Waals surface area contributed by atoms with E-state index in [1.165, 1.54) is 0 Å². The van der Waals surface area contributed by atoms with E-state index in [-0.39, 0.29) is 10.1 Å². The van der Waals surface area contributed by atoms with Crippen molar-refractivity contribution in [3.63, 3.8) is 0 Å². The van der Waals surface area contributed by atoms with Crippen LogP contribution in [0.5, 0.6) is 0 Å². The smallest absolute Gasteiger partial charge is 0.334 e. The van der Waals surface area contributed by atoms with E-state index in [4.69, 9.17) is 5.73 Å². The summed E-state index contributed by atoms with van der Waals surface area (Å²) in [7, 11) is -4.41. The Hall–Kier alpha value is -3.16. The van der Waals surface area contributed by atoms with Gasteiger partial charge in [-0.25, -0.2) is 9.78 Å². The molecular formula is C21H22N4O4S2. The molecule has 3 rings (SSSR count). The third kappa shape index (κ3) is 5.13. The van der Waals surface area contributed by atoms with Gasteiger partial charge < -0.3 is 14.5 Å². The molecule has 0 aliphatic heterocycles. The molecule has 0 aliphatic carbocycles. The number of primary amides is 1. The minimum atomic E-state index is -4.41. The molecule has 0 bridgehead atoms. The number of nitrogens with zero attached hydrogens (tertiary/aromatic N) is 3. The molecule has 1 aromatic carbocycles. The highest BCUT2D eigenvalue weighted by Gasteiger charge is 2.28. The van der Waals surface area contributed by atoms with Crippen molar-refractivity contribution in [1.29, 1.82) is 5.26 Å². The van der Waals surface area contributed by atoms with Gasteiger partial charge in [-0.2, -0.15) is 13.7 Å². The molecule has 3 aromatic rings. The zero-order valence-electron chi connectivity index (χ0n) is 17.3. The largest absolute Gasteiger partial charge is 0.420 e. The number of imidazole rings is 1. The van der Waals surface area contributed by atoms with Gasteiger partial charge in [-0.15, -0.1) is 11.3 Å². The Balaban J connectivity index is 2.10. The number of nitriles is 1. The molecule has 10 heteroatoms. The number of rotatable bonds is 7. The van der Waals surface area contributed by atoms with Crippen LogP contribution in [0.25, 0.3) is 11.1 Å². The highest BCUT2D eigenvalue weighted by molar-refractivity contribution is 7.89. The van der Waals surface area contributed by atoms with Gasteiger partial charge in [0.25, 0.3) is 0 Å².